The maximum atomic E-state index is 13.2. The number of para-hydroxylation sites is 1. The fourth-order valence-corrected chi connectivity index (χ4v) is 4.35. The van der Waals surface area contributed by atoms with Crippen molar-refractivity contribution in [3.8, 4) is 0 Å². The lowest BCUT2D eigenvalue weighted by Crippen LogP contribution is -2.32. The number of amides is 1. The minimum absolute atomic E-state index is 0.0820. The summed E-state index contributed by atoms with van der Waals surface area (Å²) in [6.45, 7) is 2.67. The molecule has 32 heavy (non-hydrogen) atoms. The van der Waals surface area contributed by atoms with Gasteiger partial charge in [-0.1, -0.05) is 59.8 Å². The van der Waals surface area contributed by atoms with Gasteiger partial charge in [-0.15, -0.1) is 0 Å². The molecule has 0 aliphatic carbocycles. The van der Waals surface area contributed by atoms with E-state index in [2.05, 4.69) is 15.0 Å². The highest BCUT2D eigenvalue weighted by molar-refractivity contribution is 7.99. The minimum Gasteiger partial charge on any atom is -0.312 e. The Kier molecular flexibility index (Phi) is 6.82. The maximum absolute atomic E-state index is 13.2. The topological polar surface area (TPSA) is 81.0 Å². The van der Waals surface area contributed by atoms with Gasteiger partial charge in [-0.3, -0.25) is 14.2 Å². The van der Waals surface area contributed by atoms with E-state index in [9.17, 15) is 9.59 Å². The van der Waals surface area contributed by atoms with Crippen LogP contribution in [0.3, 0.4) is 0 Å². The third-order valence-corrected chi connectivity index (χ3v) is 6.19. The average molecular weight is 466 g/mol. The predicted octanol–water partition coefficient (Wildman–Crippen LogP) is 4.03. The molecular weight excluding hydrogens is 446 g/mol. The largest absolute Gasteiger partial charge is 0.312 e. The van der Waals surface area contributed by atoms with Crippen LogP contribution in [0.2, 0.25) is 5.02 Å². The molecule has 0 saturated heterocycles. The lowest BCUT2D eigenvalue weighted by atomic mass is 10.2. The van der Waals surface area contributed by atoms with Gasteiger partial charge in [0, 0.05) is 29.6 Å². The second kappa shape index (κ2) is 9.93. The highest BCUT2D eigenvalue weighted by atomic mass is 35.5. The smallest absolute Gasteiger partial charge is 0.282 e. The molecule has 7 nitrogen and oxygen atoms in total. The number of anilines is 1. The number of aromatic nitrogens is 4. The molecule has 0 aliphatic heterocycles. The van der Waals surface area contributed by atoms with E-state index in [0.717, 1.165) is 11.3 Å². The lowest BCUT2D eigenvalue weighted by molar-refractivity contribution is -0.116. The number of nitrogens with zero attached hydrogens (tertiary/aromatic N) is 5. The summed E-state index contributed by atoms with van der Waals surface area (Å²) in [4.78, 5) is 40.7. The third-order valence-electron chi connectivity index (χ3n) is 4.86. The van der Waals surface area contributed by atoms with E-state index in [1.54, 1.807) is 11.0 Å². The summed E-state index contributed by atoms with van der Waals surface area (Å²) in [5.41, 5.74) is 1.70. The second-order valence-corrected chi connectivity index (χ2v) is 8.22. The second-order valence-electron chi connectivity index (χ2n) is 6.87. The van der Waals surface area contributed by atoms with E-state index in [1.165, 1.54) is 28.7 Å². The Morgan fingerprint density at radius 1 is 1.06 bits per heavy atom. The fourth-order valence-electron chi connectivity index (χ4n) is 3.29. The van der Waals surface area contributed by atoms with E-state index < -0.39 is 0 Å². The third kappa shape index (κ3) is 4.66. The number of carbonyl (C=O) groups is 1. The Morgan fingerprint density at radius 3 is 2.53 bits per heavy atom. The number of carbonyl (C=O) groups excluding carboxylic acids is 1. The molecule has 4 aromatic rings. The molecule has 0 fully saturated rings. The van der Waals surface area contributed by atoms with E-state index in [-0.39, 0.29) is 34.9 Å². The van der Waals surface area contributed by atoms with Crippen molar-refractivity contribution in [3.05, 3.63) is 87.9 Å². The van der Waals surface area contributed by atoms with Crippen molar-refractivity contribution in [1.29, 1.82) is 0 Å². The van der Waals surface area contributed by atoms with Gasteiger partial charge in [-0.2, -0.15) is 0 Å². The molecule has 2 heterocycles. The molecule has 162 valence electrons. The molecule has 0 bridgehead atoms. The van der Waals surface area contributed by atoms with Gasteiger partial charge in [-0.25, -0.2) is 15.0 Å². The summed E-state index contributed by atoms with van der Waals surface area (Å²) in [5.74, 6) is 0.0326. The van der Waals surface area contributed by atoms with Crippen molar-refractivity contribution in [2.75, 3.05) is 17.2 Å². The maximum Gasteiger partial charge on any atom is 0.282 e. The quantitative estimate of drug-likeness (QED) is 0.303. The molecular formula is C23H20ClN5O2S. The first kappa shape index (κ1) is 22.0. The normalized spacial score (nSPS) is 10.9. The fraction of sp³-hybridized carbons (Fsp3) is 0.174. The first-order valence-corrected chi connectivity index (χ1v) is 11.4. The number of thioether (sulfide) groups is 1. The van der Waals surface area contributed by atoms with Crippen LogP contribution in [0.15, 0.2) is 76.9 Å². The number of halogens is 1. The van der Waals surface area contributed by atoms with Crippen LogP contribution in [0.5, 0.6) is 0 Å². The van der Waals surface area contributed by atoms with Gasteiger partial charge in [0.1, 0.15) is 0 Å². The van der Waals surface area contributed by atoms with E-state index in [4.69, 9.17) is 11.6 Å². The Hall–Kier alpha value is -3.23. The summed E-state index contributed by atoms with van der Waals surface area (Å²) < 4.78 is 1.50. The number of hydrogen-bond donors (Lipinski definition) is 0. The Bertz CT molecular complexity index is 1310. The zero-order chi connectivity index (χ0) is 22.5. The summed E-state index contributed by atoms with van der Waals surface area (Å²) in [7, 11) is 0. The lowest BCUT2D eigenvalue weighted by Gasteiger charge is -2.21. The standard InChI is InChI=1S/C23H20ClN5O2S/c1-2-28(17-9-4-3-5-10-17)19(30)15-32-23-27-21-20(25-12-13-26-21)22(31)29(23)14-16-8-6-7-11-18(16)24/h3-13H,2,14-15H2,1H3. The first-order valence-electron chi connectivity index (χ1n) is 10.0. The van der Waals surface area contributed by atoms with Gasteiger partial charge in [-0.05, 0) is 30.7 Å². The van der Waals surface area contributed by atoms with Gasteiger partial charge < -0.3 is 4.90 Å². The van der Waals surface area contributed by atoms with Crippen LogP contribution in [-0.4, -0.2) is 37.7 Å². The number of benzene rings is 2. The monoisotopic (exact) mass is 465 g/mol. The first-order chi connectivity index (χ1) is 15.6. The molecule has 0 saturated carbocycles. The molecule has 0 atom stereocenters. The molecule has 2 aromatic carbocycles. The summed E-state index contributed by atoms with van der Waals surface area (Å²) >= 11 is 7.52. The van der Waals surface area contributed by atoms with Crippen molar-refractivity contribution in [2.45, 2.75) is 18.6 Å². The molecule has 4 rings (SSSR count). The predicted molar refractivity (Wildman–Crippen MR) is 127 cm³/mol. The van der Waals surface area contributed by atoms with Crippen molar-refractivity contribution in [2.24, 2.45) is 0 Å². The van der Waals surface area contributed by atoms with Crippen LogP contribution in [0.25, 0.3) is 11.2 Å². The molecule has 0 spiro atoms. The molecule has 9 heteroatoms. The minimum atomic E-state index is -0.326. The SMILES string of the molecule is CCN(C(=O)CSc1nc2nccnc2c(=O)n1Cc1ccccc1Cl)c1ccccc1. The van der Waals surface area contributed by atoms with Crippen molar-refractivity contribution >= 4 is 46.1 Å². The van der Waals surface area contributed by atoms with Crippen LogP contribution >= 0.6 is 23.4 Å². The van der Waals surface area contributed by atoms with Gasteiger partial charge >= 0.3 is 0 Å². The van der Waals surface area contributed by atoms with Gasteiger partial charge in [0.2, 0.25) is 5.91 Å². The zero-order valence-corrected chi connectivity index (χ0v) is 18.9. The summed E-state index contributed by atoms with van der Waals surface area (Å²) in [5, 5.41) is 0.937. The van der Waals surface area contributed by atoms with E-state index in [1.807, 2.05) is 55.5 Å². The van der Waals surface area contributed by atoms with Crippen LogP contribution in [0.1, 0.15) is 12.5 Å². The summed E-state index contributed by atoms with van der Waals surface area (Å²) in [6, 6.07) is 16.8. The molecule has 0 aliphatic rings. The van der Waals surface area contributed by atoms with Crippen molar-refractivity contribution < 1.29 is 4.79 Å². The molecule has 1 amide bonds. The number of fused-ring (bicyclic) bond motifs is 1. The van der Waals surface area contributed by atoms with Gasteiger partial charge in [0.25, 0.3) is 5.56 Å². The van der Waals surface area contributed by atoms with Gasteiger partial charge in [0.05, 0.1) is 12.3 Å². The highest BCUT2D eigenvalue weighted by Crippen LogP contribution is 2.22. The van der Waals surface area contributed by atoms with Crippen LogP contribution in [0, 0.1) is 0 Å². The molecule has 0 N–H and O–H groups in total. The van der Waals surface area contributed by atoms with E-state index in [0.29, 0.717) is 16.7 Å². The van der Waals surface area contributed by atoms with Crippen LogP contribution in [0.4, 0.5) is 5.69 Å². The van der Waals surface area contributed by atoms with Crippen molar-refractivity contribution in [3.63, 3.8) is 0 Å². The Balaban J connectivity index is 1.67. The average Bonchev–Trinajstić information content (AvgIpc) is 2.82. The number of rotatable bonds is 7. The van der Waals surface area contributed by atoms with E-state index >= 15 is 0 Å². The van der Waals surface area contributed by atoms with Crippen LogP contribution in [-0.2, 0) is 11.3 Å². The Morgan fingerprint density at radius 2 is 1.78 bits per heavy atom. The molecule has 0 unspecified atom stereocenters. The number of hydrogen-bond acceptors (Lipinski definition) is 6. The molecule has 2 aromatic heterocycles. The Labute approximate surface area is 194 Å². The summed E-state index contributed by atoms with van der Waals surface area (Å²) in [6.07, 6.45) is 2.95. The van der Waals surface area contributed by atoms with Gasteiger partial charge in [0.15, 0.2) is 16.3 Å². The van der Waals surface area contributed by atoms with Crippen molar-refractivity contribution in [1.82, 2.24) is 19.5 Å². The highest BCUT2D eigenvalue weighted by Gasteiger charge is 2.19. The molecule has 0 radical (unpaired) electrons. The zero-order valence-electron chi connectivity index (χ0n) is 17.3. The van der Waals surface area contributed by atoms with Crippen LogP contribution < -0.4 is 10.5 Å².